The summed E-state index contributed by atoms with van der Waals surface area (Å²) in [5.74, 6) is 10.4. The highest BCUT2D eigenvalue weighted by molar-refractivity contribution is 6.60. The number of benzene rings is 2. The van der Waals surface area contributed by atoms with Gasteiger partial charge in [-0.15, -0.1) is 25.7 Å². The van der Waals surface area contributed by atoms with Crippen molar-refractivity contribution < 1.29 is 27.6 Å². The third-order valence-electron chi connectivity index (χ3n) is 11.6. The first-order chi connectivity index (χ1) is 28.9. The fraction of sp³-hybridized carbons (Fsp3) is 0.240. The van der Waals surface area contributed by atoms with Crippen LogP contribution in [-0.4, -0.2) is 69.4 Å². The van der Waals surface area contributed by atoms with E-state index in [0.717, 1.165) is 90.1 Å². The molecule has 8 rings (SSSR count). The predicted octanol–water partition coefficient (Wildman–Crippen LogP) is 7.79. The Morgan fingerprint density at radius 2 is 0.817 bits per heavy atom. The molecule has 4 aromatic rings. The van der Waals surface area contributed by atoms with Crippen LogP contribution in [0, 0.1) is 77.1 Å². The van der Waals surface area contributed by atoms with E-state index in [-0.39, 0.29) is 26.4 Å². The number of hydrogen-bond acceptors (Lipinski definition) is 4. The summed E-state index contributed by atoms with van der Waals surface area (Å²) in [7, 11) is 0. The van der Waals surface area contributed by atoms with Crippen LogP contribution in [0.25, 0.3) is 11.1 Å². The molecule has 0 fully saturated rings. The van der Waals surface area contributed by atoms with E-state index in [1.807, 2.05) is 12.1 Å². The Labute approximate surface area is 355 Å². The molecule has 0 amide bonds. The maximum atomic E-state index is 6.37. The summed E-state index contributed by atoms with van der Waals surface area (Å²) in [4.78, 5) is 0. The fourth-order valence-corrected chi connectivity index (χ4v) is 9.75. The Kier molecular flexibility index (Phi) is 11.6. The standard InChI is InChI=1S/2C25H25BN2O2/c2*1-7-14-29-26(30-15-8-2)27-20(5)16-18(3)24(27)23(22-12-10-9-11-13-22)25-19(4)17-21(6)28(25)26/h2*1-2,9-13,16-17H,14-15H2,3-6H3. The lowest BCUT2D eigenvalue weighted by atomic mass is 9.78. The van der Waals surface area contributed by atoms with E-state index in [1.54, 1.807) is 0 Å². The second-order valence-electron chi connectivity index (χ2n) is 15.6. The maximum Gasteiger partial charge on any atom is 0.667 e. The minimum absolute atomic E-state index is 0.109. The van der Waals surface area contributed by atoms with Gasteiger partial charge in [-0.25, -0.2) is 0 Å². The third kappa shape index (κ3) is 6.56. The van der Waals surface area contributed by atoms with Gasteiger partial charge < -0.3 is 36.5 Å². The Morgan fingerprint density at radius 3 is 1.12 bits per heavy atom. The molecule has 0 unspecified atom stereocenters. The van der Waals surface area contributed by atoms with Crippen LogP contribution < -0.4 is 0 Å². The Hall–Kier alpha value is -6.49. The molecular weight excluding hydrogens is 742 g/mol. The number of allylic oxidation sites excluding steroid dienone is 4. The highest BCUT2D eigenvalue weighted by Crippen LogP contribution is 2.45. The number of aromatic nitrogens is 2. The molecule has 2 aromatic heterocycles. The summed E-state index contributed by atoms with van der Waals surface area (Å²) in [5.41, 5.74) is 17.6. The minimum atomic E-state index is -2.18. The molecule has 0 bridgehead atoms. The largest absolute Gasteiger partial charge is 0.667 e. The van der Waals surface area contributed by atoms with Crippen molar-refractivity contribution in [2.24, 2.45) is 0 Å². The van der Waals surface area contributed by atoms with Gasteiger partial charge in [0.25, 0.3) is 0 Å². The Bertz CT molecular complexity index is 2560. The van der Waals surface area contributed by atoms with Crippen molar-refractivity contribution in [3.63, 3.8) is 0 Å². The zero-order chi connectivity index (χ0) is 42.9. The molecule has 0 radical (unpaired) electrons. The van der Waals surface area contributed by atoms with Crippen LogP contribution in [0.1, 0.15) is 72.7 Å². The number of terminal acetylenes is 4. The SMILES string of the molecule is C#CCO[B-]1(OCC#C)n2c(C)cc(C)c2C(c2ccccc2)=C2C(C)=CC(C)=[N+]21.C#CCO[B-]1(OCC#C)n2c(C)cc(C)c2C(c2ccccc2)=C2C(C)=CC(C)=[N+]21. The highest BCUT2D eigenvalue weighted by Gasteiger charge is 2.58. The van der Waals surface area contributed by atoms with Crippen LogP contribution in [0.5, 0.6) is 0 Å². The Morgan fingerprint density at radius 1 is 0.500 bits per heavy atom. The lowest BCUT2D eigenvalue weighted by Gasteiger charge is -2.43. The fourth-order valence-electron chi connectivity index (χ4n) is 9.75. The zero-order valence-electron chi connectivity index (χ0n) is 35.8. The van der Waals surface area contributed by atoms with Gasteiger partial charge in [-0.05, 0) is 87.3 Å². The first-order valence-electron chi connectivity index (χ1n) is 20.1. The van der Waals surface area contributed by atoms with E-state index >= 15 is 0 Å². The van der Waals surface area contributed by atoms with Crippen LogP contribution in [0.3, 0.4) is 0 Å². The molecule has 2 aromatic carbocycles. The number of hydrogen-bond donors (Lipinski definition) is 0. The van der Waals surface area contributed by atoms with Gasteiger partial charge in [0.05, 0.1) is 37.6 Å². The predicted molar refractivity (Wildman–Crippen MR) is 244 cm³/mol. The molecular formula is C50H50B2N4O4. The highest BCUT2D eigenvalue weighted by atomic mass is 16.6. The van der Waals surface area contributed by atoms with E-state index in [0.29, 0.717) is 0 Å². The Balaban J connectivity index is 0.000000181. The van der Waals surface area contributed by atoms with E-state index in [9.17, 15) is 0 Å². The molecule has 60 heavy (non-hydrogen) atoms. The topological polar surface area (TPSA) is 52.8 Å². The van der Waals surface area contributed by atoms with Gasteiger partial charge in [0, 0.05) is 48.5 Å². The van der Waals surface area contributed by atoms with Gasteiger partial charge in [0.1, 0.15) is 11.4 Å². The van der Waals surface area contributed by atoms with Gasteiger partial charge in [-0.1, -0.05) is 84.3 Å². The lowest BCUT2D eigenvalue weighted by Crippen LogP contribution is -2.63. The van der Waals surface area contributed by atoms with Crippen molar-refractivity contribution in [3.8, 4) is 49.4 Å². The number of fused-ring (bicyclic) bond motifs is 4. The van der Waals surface area contributed by atoms with Gasteiger partial charge in [-0.2, -0.15) is 0 Å². The first-order valence-corrected chi connectivity index (χ1v) is 20.1. The summed E-state index contributed by atoms with van der Waals surface area (Å²) >= 11 is 0. The molecule has 0 saturated carbocycles. The van der Waals surface area contributed by atoms with Crippen LogP contribution in [0.2, 0.25) is 0 Å². The molecule has 0 saturated heterocycles. The van der Waals surface area contributed by atoms with E-state index in [4.69, 9.17) is 44.3 Å². The smallest absolute Gasteiger partial charge is 0.474 e. The zero-order valence-corrected chi connectivity index (χ0v) is 35.8. The quantitative estimate of drug-likeness (QED) is 0.122. The van der Waals surface area contributed by atoms with Crippen molar-refractivity contribution in [3.05, 3.63) is 153 Å². The molecule has 0 aliphatic carbocycles. The van der Waals surface area contributed by atoms with Crippen molar-refractivity contribution in [2.45, 2.75) is 55.4 Å². The summed E-state index contributed by atoms with van der Waals surface area (Å²) in [6.45, 7) is 12.8. The summed E-state index contributed by atoms with van der Waals surface area (Å²) in [6.07, 6.45) is 26.7. The van der Waals surface area contributed by atoms with Crippen LogP contribution in [-0.2, 0) is 18.6 Å². The minimum Gasteiger partial charge on any atom is -0.474 e. The molecule has 0 N–H and O–H groups in total. The van der Waals surface area contributed by atoms with Crippen molar-refractivity contribution in [2.75, 3.05) is 26.4 Å². The third-order valence-corrected chi connectivity index (χ3v) is 11.6. The van der Waals surface area contributed by atoms with Crippen molar-refractivity contribution in [1.29, 1.82) is 0 Å². The molecule has 0 spiro atoms. The monoisotopic (exact) mass is 792 g/mol. The maximum absolute atomic E-state index is 6.37. The first kappa shape index (κ1) is 41.7. The molecule has 0 atom stereocenters. The number of nitrogens with zero attached hydrogens (tertiary/aromatic N) is 4. The molecule has 4 aliphatic heterocycles. The van der Waals surface area contributed by atoms with Crippen LogP contribution >= 0.6 is 0 Å². The van der Waals surface area contributed by atoms with E-state index in [2.05, 4.69) is 170 Å². The second-order valence-corrected chi connectivity index (χ2v) is 15.6. The molecule has 4 aliphatic rings. The number of rotatable bonds is 10. The van der Waals surface area contributed by atoms with Gasteiger partial charge in [0.15, 0.2) is 11.4 Å². The number of aryl methyl sites for hydroxylation is 4. The van der Waals surface area contributed by atoms with Gasteiger partial charge in [-0.3, -0.25) is 0 Å². The van der Waals surface area contributed by atoms with Gasteiger partial charge >= 0.3 is 13.6 Å². The average molecular weight is 793 g/mol. The normalized spacial score (nSPS) is 16.7. The second kappa shape index (κ2) is 16.6. The van der Waals surface area contributed by atoms with Crippen molar-refractivity contribution in [1.82, 2.24) is 8.96 Å². The van der Waals surface area contributed by atoms with E-state index < -0.39 is 13.6 Å². The lowest BCUT2D eigenvalue weighted by molar-refractivity contribution is -0.385. The molecule has 300 valence electrons. The molecule has 8 nitrogen and oxygen atoms in total. The van der Waals surface area contributed by atoms with Gasteiger partial charge in [0.2, 0.25) is 0 Å². The van der Waals surface area contributed by atoms with Crippen molar-refractivity contribution >= 4 is 36.2 Å². The van der Waals surface area contributed by atoms with Crippen LogP contribution in [0.4, 0.5) is 0 Å². The molecule has 10 heteroatoms. The van der Waals surface area contributed by atoms with Crippen LogP contribution in [0.15, 0.2) is 107 Å². The molecule has 6 heterocycles. The summed E-state index contributed by atoms with van der Waals surface area (Å²) in [5, 5.41) is 0. The van der Waals surface area contributed by atoms with E-state index in [1.165, 1.54) is 0 Å². The summed E-state index contributed by atoms with van der Waals surface area (Å²) in [6, 6.07) is 25.2. The summed E-state index contributed by atoms with van der Waals surface area (Å²) < 4.78 is 34.1. The average Bonchev–Trinajstić information content (AvgIpc) is 3.93.